The zero-order valence-electron chi connectivity index (χ0n) is 13.0. The second-order valence-corrected chi connectivity index (χ2v) is 6.23. The molecule has 3 atom stereocenters. The summed E-state index contributed by atoms with van der Waals surface area (Å²) in [6.07, 6.45) is 2.08. The molecule has 120 valence electrons. The lowest BCUT2D eigenvalue weighted by Gasteiger charge is -2.19. The number of aryl methyl sites for hydroxylation is 1. The summed E-state index contributed by atoms with van der Waals surface area (Å²) in [5, 5.41) is 10.3. The molecule has 2 aromatic heterocycles. The minimum atomic E-state index is -0.299. The van der Waals surface area contributed by atoms with Gasteiger partial charge < -0.3 is 9.84 Å². The third-order valence-electron chi connectivity index (χ3n) is 4.58. The Kier molecular flexibility index (Phi) is 3.21. The molecule has 0 bridgehead atoms. The Hall–Kier alpha value is -2.25. The van der Waals surface area contributed by atoms with Crippen LogP contribution in [0, 0.1) is 12.8 Å². The highest BCUT2D eigenvalue weighted by Crippen LogP contribution is 2.41. The number of ether oxygens (including phenoxy) is 1. The summed E-state index contributed by atoms with van der Waals surface area (Å²) in [5.41, 5.74) is 5.40. The molecule has 0 saturated carbocycles. The van der Waals surface area contributed by atoms with Crippen LogP contribution in [-0.4, -0.2) is 33.8 Å². The third-order valence-corrected chi connectivity index (χ3v) is 4.58. The van der Waals surface area contributed by atoms with Gasteiger partial charge in [0, 0.05) is 11.5 Å². The van der Waals surface area contributed by atoms with E-state index in [9.17, 15) is 9.90 Å². The molecule has 0 aromatic carbocycles. The first kappa shape index (κ1) is 14.3. The highest BCUT2D eigenvalue weighted by atomic mass is 16.5. The van der Waals surface area contributed by atoms with Crippen LogP contribution in [0.15, 0.2) is 21.9 Å². The van der Waals surface area contributed by atoms with Crippen molar-refractivity contribution in [3.8, 4) is 0 Å². The number of hydrogen-bond donors (Lipinski definition) is 2. The van der Waals surface area contributed by atoms with Crippen LogP contribution < -0.4 is 11.0 Å². The molecule has 0 unspecified atom stereocenters. The van der Waals surface area contributed by atoms with E-state index in [1.807, 2.05) is 17.7 Å². The molecule has 2 aliphatic rings. The van der Waals surface area contributed by atoms with Crippen LogP contribution >= 0.6 is 0 Å². The summed E-state index contributed by atoms with van der Waals surface area (Å²) in [4.78, 5) is 20.1. The second-order valence-electron chi connectivity index (χ2n) is 6.23. The van der Waals surface area contributed by atoms with Gasteiger partial charge in [0.05, 0.1) is 18.4 Å². The van der Waals surface area contributed by atoms with Gasteiger partial charge in [-0.2, -0.15) is 4.98 Å². The quantitative estimate of drug-likeness (QED) is 0.874. The number of aliphatic hydroxyl groups excluding tert-OH is 1. The number of aliphatic imine (C=N–C) groups is 1. The van der Waals surface area contributed by atoms with Gasteiger partial charge in [-0.1, -0.05) is 6.92 Å². The Bertz CT molecular complexity index is 874. The minimum Gasteiger partial charge on any atom is -0.394 e. The fourth-order valence-electron chi connectivity index (χ4n) is 3.50. The zero-order valence-corrected chi connectivity index (χ0v) is 13.0. The first-order valence-corrected chi connectivity index (χ1v) is 7.71. The summed E-state index contributed by atoms with van der Waals surface area (Å²) in [6, 6.07) is 3.55. The van der Waals surface area contributed by atoms with Crippen LogP contribution in [-0.2, 0) is 4.74 Å². The fourth-order valence-corrected chi connectivity index (χ4v) is 3.50. The highest BCUT2D eigenvalue weighted by Gasteiger charge is 2.36. The molecule has 0 amide bonds. The normalized spacial score (nSPS) is 25.8. The maximum absolute atomic E-state index is 11.8. The monoisotopic (exact) mass is 314 g/mol. The van der Waals surface area contributed by atoms with Crippen LogP contribution in [0.2, 0.25) is 0 Å². The van der Waals surface area contributed by atoms with E-state index in [1.165, 1.54) is 12.4 Å². The summed E-state index contributed by atoms with van der Waals surface area (Å²) in [6.45, 7) is 4.03. The maximum atomic E-state index is 11.8. The predicted molar refractivity (Wildman–Crippen MR) is 86.7 cm³/mol. The van der Waals surface area contributed by atoms with Crippen LogP contribution in [0.25, 0.3) is 10.9 Å². The molecule has 1 fully saturated rings. The average molecular weight is 314 g/mol. The number of aromatic nitrogens is 2. The largest absolute Gasteiger partial charge is 0.394 e. The molecule has 2 aliphatic heterocycles. The van der Waals surface area contributed by atoms with Crippen LogP contribution in [0.4, 0.5) is 5.82 Å². The van der Waals surface area contributed by atoms with Crippen LogP contribution in [0.3, 0.4) is 0 Å². The molecule has 23 heavy (non-hydrogen) atoms. The van der Waals surface area contributed by atoms with Crippen LogP contribution in [0.1, 0.15) is 30.7 Å². The molecule has 0 spiro atoms. The SMILES string of the molecule is Cc1cc(=O)nc2c3c1cc([C@@H]1O[C@H](CO)C[C@@H]1C)n3NC=N2. The Morgan fingerprint density at radius 1 is 1.48 bits per heavy atom. The maximum Gasteiger partial charge on any atom is 0.272 e. The standard InChI is InChI=1S/C16H18N4O3/c1-8-4-13(22)19-16-14-11(8)5-12(20(14)18-7-17-16)15-9(2)3-10(6-21)23-15/h4-5,7,9-10,15,21H,3,6H2,1-2H3,(H,17,18,19,22)/t9-,10-,15+/m0/s1. The van der Waals surface area contributed by atoms with Gasteiger partial charge in [-0.3, -0.25) is 14.9 Å². The molecule has 0 radical (unpaired) electrons. The van der Waals surface area contributed by atoms with Crippen molar-refractivity contribution in [1.29, 1.82) is 0 Å². The van der Waals surface area contributed by atoms with Crippen molar-refractivity contribution in [3.63, 3.8) is 0 Å². The number of nitrogens with one attached hydrogen (secondary N) is 1. The van der Waals surface area contributed by atoms with Gasteiger partial charge in [0.2, 0.25) is 0 Å². The van der Waals surface area contributed by atoms with Gasteiger partial charge in [-0.15, -0.1) is 0 Å². The van der Waals surface area contributed by atoms with E-state index in [4.69, 9.17) is 4.74 Å². The minimum absolute atomic E-state index is 0.0241. The van der Waals surface area contributed by atoms with E-state index >= 15 is 0 Å². The third kappa shape index (κ3) is 2.15. The average Bonchev–Trinajstić information content (AvgIpc) is 3.04. The number of nitrogens with zero attached hydrogens (tertiary/aromatic N) is 3. The highest BCUT2D eigenvalue weighted by molar-refractivity contribution is 5.95. The molecule has 2 aromatic rings. The van der Waals surface area contributed by atoms with Crippen LogP contribution in [0.5, 0.6) is 0 Å². The molecular weight excluding hydrogens is 296 g/mol. The number of rotatable bonds is 2. The first-order chi connectivity index (χ1) is 11.1. The Labute approximate surface area is 132 Å². The molecular formula is C16H18N4O3. The summed E-state index contributed by atoms with van der Waals surface area (Å²) in [5.74, 6) is 0.696. The van der Waals surface area contributed by atoms with E-state index in [0.717, 1.165) is 28.6 Å². The van der Waals surface area contributed by atoms with E-state index in [2.05, 4.69) is 22.3 Å². The van der Waals surface area contributed by atoms with Gasteiger partial charge in [0.1, 0.15) is 18.0 Å². The van der Waals surface area contributed by atoms with Crippen molar-refractivity contribution in [2.24, 2.45) is 10.9 Å². The summed E-state index contributed by atoms with van der Waals surface area (Å²) < 4.78 is 7.88. The van der Waals surface area contributed by atoms with E-state index < -0.39 is 0 Å². The molecule has 4 rings (SSSR count). The van der Waals surface area contributed by atoms with Crippen molar-refractivity contribution >= 4 is 23.1 Å². The fraction of sp³-hybridized carbons (Fsp3) is 0.438. The van der Waals surface area contributed by atoms with Gasteiger partial charge in [0.15, 0.2) is 5.82 Å². The Balaban J connectivity index is 1.95. The van der Waals surface area contributed by atoms with Gasteiger partial charge >= 0.3 is 0 Å². The summed E-state index contributed by atoms with van der Waals surface area (Å²) >= 11 is 0. The topological polar surface area (TPSA) is 88.7 Å². The first-order valence-electron chi connectivity index (χ1n) is 7.71. The van der Waals surface area contributed by atoms with E-state index in [0.29, 0.717) is 5.82 Å². The lowest BCUT2D eigenvalue weighted by Crippen LogP contribution is -2.21. The molecule has 1 saturated heterocycles. The Morgan fingerprint density at radius 2 is 2.30 bits per heavy atom. The van der Waals surface area contributed by atoms with Gasteiger partial charge in [-0.05, 0) is 30.9 Å². The Morgan fingerprint density at radius 3 is 3.04 bits per heavy atom. The zero-order chi connectivity index (χ0) is 16.1. The van der Waals surface area contributed by atoms with Crippen molar-refractivity contribution in [2.45, 2.75) is 32.5 Å². The summed E-state index contributed by atoms with van der Waals surface area (Å²) in [7, 11) is 0. The lowest BCUT2D eigenvalue weighted by molar-refractivity contribution is 0.00250. The number of hydrogen-bond acceptors (Lipinski definition) is 6. The number of aliphatic hydroxyl groups is 1. The molecule has 0 aliphatic carbocycles. The van der Waals surface area contributed by atoms with Crippen molar-refractivity contribution in [3.05, 3.63) is 33.7 Å². The van der Waals surface area contributed by atoms with Crippen molar-refractivity contribution < 1.29 is 9.84 Å². The van der Waals surface area contributed by atoms with Crippen molar-refractivity contribution in [1.82, 2.24) is 9.66 Å². The van der Waals surface area contributed by atoms with E-state index in [1.54, 1.807) is 0 Å². The van der Waals surface area contributed by atoms with Gasteiger partial charge in [-0.25, -0.2) is 4.99 Å². The second kappa shape index (κ2) is 5.14. The molecule has 7 nitrogen and oxygen atoms in total. The molecule has 2 N–H and O–H groups in total. The van der Waals surface area contributed by atoms with E-state index in [-0.39, 0.29) is 30.3 Å². The van der Waals surface area contributed by atoms with Gasteiger partial charge in [0.25, 0.3) is 5.56 Å². The van der Waals surface area contributed by atoms with Crippen molar-refractivity contribution in [2.75, 3.05) is 12.0 Å². The lowest BCUT2D eigenvalue weighted by atomic mass is 9.99. The molecule has 4 heterocycles. The predicted octanol–water partition coefficient (Wildman–Crippen LogP) is 1.38. The smallest absolute Gasteiger partial charge is 0.272 e. The molecule has 7 heteroatoms.